The van der Waals surface area contributed by atoms with E-state index >= 15 is 0 Å². The molecule has 1 aromatic rings. The molecule has 2 rings (SSSR count). The number of rotatable bonds is 3. The van der Waals surface area contributed by atoms with Gasteiger partial charge in [0.25, 0.3) is 0 Å². The molecule has 1 saturated heterocycles. The number of ether oxygens (including phenoxy) is 1. The zero-order chi connectivity index (χ0) is 12.3. The van der Waals surface area contributed by atoms with Gasteiger partial charge in [-0.05, 0) is 25.3 Å². The Morgan fingerprint density at radius 1 is 1.29 bits per heavy atom. The molecule has 1 unspecified atom stereocenters. The van der Waals surface area contributed by atoms with Gasteiger partial charge in [0, 0.05) is 19.6 Å². The Morgan fingerprint density at radius 2 is 2.00 bits per heavy atom. The maximum Gasteiger partial charge on any atom is 0.0753 e. The fourth-order valence-corrected chi connectivity index (χ4v) is 2.54. The summed E-state index contributed by atoms with van der Waals surface area (Å²) in [7, 11) is 0. The first-order valence-electron chi connectivity index (χ1n) is 6.48. The Hall–Kier alpha value is -0.860. The van der Waals surface area contributed by atoms with Crippen molar-refractivity contribution in [2.45, 2.75) is 32.3 Å². The van der Waals surface area contributed by atoms with E-state index in [9.17, 15) is 0 Å². The van der Waals surface area contributed by atoms with Crippen LogP contribution in [-0.2, 0) is 4.74 Å². The van der Waals surface area contributed by atoms with E-state index in [1.165, 1.54) is 5.56 Å². The van der Waals surface area contributed by atoms with E-state index in [1.807, 2.05) is 0 Å². The van der Waals surface area contributed by atoms with Crippen molar-refractivity contribution in [1.29, 1.82) is 0 Å². The van der Waals surface area contributed by atoms with Gasteiger partial charge < -0.3 is 4.74 Å². The molecule has 1 fully saturated rings. The molecule has 1 aliphatic heterocycles. The Balaban J connectivity index is 1.93. The lowest BCUT2D eigenvalue weighted by Crippen LogP contribution is -2.49. The molecule has 0 bridgehead atoms. The Labute approximate surface area is 105 Å². The minimum absolute atomic E-state index is 0.00859. The fourth-order valence-electron chi connectivity index (χ4n) is 2.54. The molecule has 0 aliphatic carbocycles. The van der Waals surface area contributed by atoms with Crippen molar-refractivity contribution in [3.8, 4) is 0 Å². The van der Waals surface area contributed by atoms with Crippen LogP contribution in [0.1, 0.15) is 32.3 Å². The molecule has 1 aliphatic rings. The predicted octanol–water partition coefficient (Wildman–Crippen LogP) is 2.90. The first-order chi connectivity index (χ1) is 8.07. The van der Waals surface area contributed by atoms with Crippen LogP contribution in [0, 0.1) is 0 Å². The lowest BCUT2D eigenvalue weighted by atomic mass is 9.99. The van der Waals surface area contributed by atoms with Crippen molar-refractivity contribution in [2.24, 2.45) is 0 Å². The van der Waals surface area contributed by atoms with Crippen LogP contribution in [0.25, 0.3) is 0 Å². The third-order valence-corrected chi connectivity index (χ3v) is 3.41. The molecule has 0 amide bonds. The van der Waals surface area contributed by atoms with Crippen molar-refractivity contribution >= 4 is 0 Å². The highest BCUT2D eigenvalue weighted by atomic mass is 16.5. The van der Waals surface area contributed by atoms with E-state index < -0.39 is 0 Å². The van der Waals surface area contributed by atoms with Gasteiger partial charge >= 0.3 is 0 Å². The largest absolute Gasteiger partial charge is 0.373 e. The minimum atomic E-state index is 0.00859. The average Bonchev–Trinajstić information content (AvgIpc) is 2.29. The van der Waals surface area contributed by atoms with Crippen molar-refractivity contribution in [1.82, 2.24) is 4.90 Å². The Kier molecular flexibility index (Phi) is 3.85. The second kappa shape index (κ2) is 5.19. The van der Waals surface area contributed by atoms with Gasteiger partial charge in [0.1, 0.15) is 0 Å². The van der Waals surface area contributed by atoms with Crippen LogP contribution in [-0.4, -0.2) is 36.7 Å². The zero-order valence-corrected chi connectivity index (χ0v) is 11.1. The van der Waals surface area contributed by atoms with E-state index in [2.05, 4.69) is 56.0 Å². The average molecular weight is 233 g/mol. The van der Waals surface area contributed by atoms with Gasteiger partial charge in [0.15, 0.2) is 0 Å². The molecule has 2 nitrogen and oxygen atoms in total. The third kappa shape index (κ3) is 3.55. The van der Waals surface area contributed by atoms with Crippen LogP contribution in [0.5, 0.6) is 0 Å². The summed E-state index contributed by atoms with van der Waals surface area (Å²) in [5.41, 5.74) is 1.44. The van der Waals surface area contributed by atoms with Crippen molar-refractivity contribution in [3.63, 3.8) is 0 Å². The molecular weight excluding hydrogens is 210 g/mol. The normalized spacial score (nSPS) is 22.3. The summed E-state index contributed by atoms with van der Waals surface area (Å²) < 4.78 is 5.74. The minimum Gasteiger partial charge on any atom is -0.373 e. The number of hydrogen-bond acceptors (Lipinski definition) is 2. The first kappa shape index (κ1) is 12.6. The van der Waals surface area contributed by atoms with Crippen LogP contribution in [0.15, 0.2) is 30.3 Å². The van der Waals surface area contributed by atoms with Crippen LogP contribution < -0.4 is 0 Å². The molecule has 0 aromatic heterocycles. The highest BCUT2D eigenvalue weighted by Gasteiger charge is 2.27. The van der Waals surface area contributed by atoms with Crippen molar-refractivity contribution in [3.05, 3.63) is 35.9 Å². The molecule has 1 atom stereocenters. The van der Waals surface area contributed by atoms with Crippen molar-refractivity contribution in [2.75, 3.05) is 26.2 Å². The van der Waals surface area contributed by atoms with Gasteiger partial charge in [-0.1, -0.05) is 37.3 Å². The molecule has 2 heteroatoms. The lowest BCUT2D eigenvalue weighted by molar-refractivity contribution is -0.0867. The number of hydrogen-bond donors (Lipinski definition) is 0. The maximum absolute atomic E-state index is 5.74. The van der Waals surface area contributed by atoms with Gasteiger partial charge in [-0.15, -0.1) is 0 Å². The van der Waals surface area contributed by atoms with Crippen LogP contribution >= 0.6 is 0 Å². The van der Waals surface area contributed by atoms with E-state index in [4.69, 9.17) is 4.74 Å². The fraction of sp³-hybridized carbons (Fsp3) is 0.600. The maximum atomic E-state index is 5.74. The zero-order valence-electron chi connectivity index (χ0n) is 11.1. The van der Waals surface area contributed by atoms with Gasteiger partial charge in [0.2, 0.25) is 0 Å². The molecule has 0 spiro atoms. The monoisotopic (exact) mass is 233 g/mol. The standard InChI is InChI=1S/C15H23NO/c1-13(14-7-5-4-6-8-14)11-16-9-10-17-15(2,3)12-16/h4-8,13H,9-12H2,1-3H3. The highest BCUT2D eigenvalue weighted by Crippen LogP contribution is 2.21. The first-order valence-corrected chi connectivity index (χ1v) is 6.48. The lowest BCUT2D eigenvalue weighted by Gasteiger charge is -2.39. The molecule has 0 N–H and O–H groups in total. The molecule has 17 heavy (non-hydrogen) atoms. The second-order valence-electron chi connectivity index (χ2n) is 5.66. The van der Waals surface area contributed by atoms with E-state index in [0.29, 0.717) is 5.92 Å². The Morgan fingerprint density at radius 3 is 2.65 bits per heavy atom. The van der Waals surface area contributed by atoms with E-state index in [0.717, 1.165) is 26.2 Å². The van der Waals surface area contributed by atoms with Crippen molar-refractivity contribution < 1.29 is 4.74 Å². The quantitative estimate of drug-likeness (QED) is 0.796. The summed E-state index contributed by atoms with van der Waals surface area (Å²) in [5.74, 6) is 0.588. The molecule has 94 valence electrons. The van der Waals surface area contributed by atoms with Gasteiger partial charge in [-0.25, -0.2) is 0 Å². The summed E-state index contributed by atoms with van der Waals surface area (Å²) in [6.07, 6.45) is 0. The smallest absolute Gasteiger partial charge is 0.0753 e. The van der Waals surface area contributed by atoms with Crippen LogP contribution in [0.2, 0.25) is 0 Å². The molecule has 1 heterocycles. The molecular formula is C15H23NO. The van der Waals surface area contributed by atoms with Gasteiger partial charge in [0.05, 0.1) is 12.2 Å². The predicted molar refractivity (Wildman–Crippen MR) is 71.3 cm³/mol. The molecule has 1 aromatic carbocycles. The third-order valence-electron chi connectivity index (χ3n) is 3.41. The summed E-state index contributed by atoms with van der Waals surface area (Å²) in [4.78, 5) is 2.52. The summed E-state index contributed by atoms with van der Waals surface area (Å²) >= 11 is 0. The summed E-state index contributed by atoms with van der Waals surface area (Å²) in [6.45, 7) is 10.7. The number of nitrogens with zero attached hydrogens (tertiary/aromatic N) is 1. The number of benzene rings is 1. The van der Waals surface area contributed by atoms with Crippen LogP contribution in [0.4, 0.5) is 0 Å². The van der Waals surface area contributed by atoms with E-state index in [-0.39, 0.29) is 5.60 Å². The highest BCUT2D eigenvalue weighted by molar-refractivity contribution is 5.19. The van der Waals surface area contributed by atoms with E-state index in [1.54, 1.807) is 0 Å². The van der Waals surface area contributed by atoms with Crippen LogP contribution in [0.3, 0.4) is 0 Å². The topological polar surface area (TPSA) is 12.5 Å². The van der Waals surface area contributed by atoms with Gasteiger partial charge in [-0.3, -0.25) is 4.90 Å². The second-order valence-corrected chi connectivity index (χ2v) is 5.66. The molecule has 0 radical (unpaired) electrons. The van der Waals surface area contributed by atoms with Gasteiger partial charge in [-0.2, -0.15) is 0 Å². The molecule has 0 saturated carbocycles. The summed E-state index contributed by atoms with van der Waals surface area (Å²) in [5, 5.41) is 0. The SMILES string of the molecule is CC(CN1CCOC(C)(C)C1)c1ccccc1. The number of morpholine rings is 1. The Bertz CT molecular complexity index is 347. The summed E-state index contributed by atoms with van der Waals surface area (Å²) in [6, 6.07) is 10.8.